The average Bonchev–Trinajstić information content (AvgIpc) is 2.53. The Hall–Kier alpha value is -1.84. The van der Waals surface area contributed by atoms with Crippen molar-refractivity contribution >= 4 is 11.9 Å². The largest absolute Gasteiger partial charge is 0.462 e. The number of rotatable bonds is 8. The molecule has 134 valence electrons. The molecule has 0 fully saturated rings. The Bertz CT molecular complexity index is 543. The number of benzene rings is 1. The van der Waals surface area contributed by atoms with Gasteiger partial charge in [0.1, 0.15) is 6.10 Å². The molecule has 0 N–H and O–H groups in total. The van der Waals surface area contributed by atoms with Crippen LogP contribution in [0.2, 0.25) is 0 Å². The van der Waals surface area contributed by atoms with Gasteiger partial charge in [0.2, 0.25) is 0 Å². The van der Waals surface area contributed by atoms with Gasteiger partial charge < -0.3 is 9.47 Å². The average molecular weight is 334 g/mol. The maximum absolute atomic E-state index is 12.2. The Morgan fingerprint density at radius 1 is 1.04 bits per heavy atom. The highest BCUT2D eigenvalue weighted by molar-refractivity contribution is 5.95. The van der Waals surface area contributed by atoms with E-state index in [9.17, 15) is 9.59 Å². The minimum atomic E-state index is -0.421. The van der Waals surface area contributed by atoms with E-state index in [1.807, 2.05) is 27.7 Å². The van der Waals surface area contributed by atoms with Crippen LogP contribution in [0.4, 0.5) is 0 Å². The summed E-state index contributed by atoms with van der Waals surface area (Å²) in [6.45, 7) is 10.4. The first-order valence-corrected chi connectivity index (χ1v) is 8.74. The monoisotopic (exact) mass is 334 g/mol. The van der Waals surface area contributed by atoms with E-state index < -0.39 is 11.9 Å². The Morgan fingerprint density at radius 3 is 2.25 bits per heavy atom. The molecule has 1 atom stereocenters. The van der Waals surface area contributed by atoms with Crippen molar-refractivity contribution in [3.8, 4) is 0 Å². The minimum absolute atomic E-state index is 0.134. The summed E-state index contributed by atoms with van der Waals surface area (Å²) in [7, 11) is 0. The number of hydrogen-bond donors (Lipinski definition) is 0. The van der Waals surface area contributed by atoms with Crippen LogP contribution in [0, 0.1) is 5.41 Å². The molecule has 0 bridgehead atoms. The quantitative estimate of drug-likeness (QED) is 0.495. The summed E-state index contributed by atoms with van der Waals surface area (Å²) in [6, 6.07) is 6.51. The summed E-state index contributed by atoms with van der Waals surface area (Å²) in [5.74, 6) is -0.819. The van der Waals surface area contributed by atoms with E-state index in [1.165, 1.54) is 6.07 Å². The molecule has 4 heteroatoms. The highest BCUT2D eigenvalue weighted by Crippen LogP contribution is 2.23. The van der Waals surface area contributed by atoms with Crippen LogP contribution >= 0.6 is 0 Å². The molecule has 0 radical (unpaired) electrons. The van der Waals surface area contributed by atoms with Gasteiger partial charge in [-0.15, -0.1) is 0 Å². The summed E-state index contributed by atoms with van der Waals surface area (Å²) >= 11 is 0. The number of carbonyl (C=O) groups excluding carboxylic acids is 2. The molecule has 0 aliphatic rings. The van der Waals surface area contributed by atoms with Crippen LogP contribution in [0.25, 0.3) is 0 Å². The van der Waals surface area contributed by atoms with Gasteiger partial charge in [-0.1, -0.05) is 53.0 Å². The van der Waals surface area contributed by atoms with Crippen LogP contribution in [0.3, 0.4) is 0 Å². The van der Waals surface area contributed by atoms with Crippen molar-refractivity contribution in [3.63, 3.8) is 0 Å². The van der Waals surface area contributed by atoms with Gasteiger partial charge >= 0.3 is 11.9 Å². The molecule has 0 saturated carbocycles. The van der Waals surface area contributed by atoms with Crippen molar-refractivity contribution in [2.24, 2.45) is 5.41 Å². The number of unbranched alkanes of at least 4 members (excludes halogenated alkanes) is 3. The normalized spacial score (nSPS) is 12.5. The Kier molecular flexibility index (Phi) is 7.96. The predicted molar refractivity (Wildman–Crippen MR) is 95.2 cm³/mol. The van der Waals surface area contributed by atoms with Crippen molar-refractivity contribution in [3.05, 3.63) is 35.4 Å². The van der Waals surface area contributed by atoms with E-state index in [0.29, 0.717) is 17.7 Å². The van der Waals surface area contributed by atoms with Crippen molar-refractivity contribution in [1.82, 2.24) is 0 Å². The third kappa shape index (κ3) is 6.73. The lowest BCUT2D eigenvalue weighted by Crippen LogP contribution is -2.28. The van der Waals surface area contributed by atoms with E-state index in [4.69, 9.17) is 9.47 Å². The zero-order valence-corrected chi connectivity index (χ0v) is 15.6. The molecule has 0 aliphatic carbocycles. The number of carbonyl (C=O) groups is 2. The lowest BCUT2D eigenvalue weighted by molar-refractivity contribution is 0.00480. The molecular formula is C20H30O4. The third-order valence-electron chi connectivity index (χ3n) is 4.07. The number of hydrogen-bond acceptors (Lipinski definition) is 4. The van der Waals surface area contributed by atoms with Gasteiger partial charge in [-0.3, -0.25) is 0 Å². The number of ether oxygens (including phenoxy) is 2. The topological polar surface area (TPSA) is 52.6 Å². The first-order chi connectivity index (χ1) is 11.3. The van der Waals surface area contributed by atoms with Crippen molar-refractivity contribution in [1.29, 1.82) is 0 Å². The van der Waals surface area contributed by atoms with Crippen LogP contribution in [0.15, 0.2) is 24.3 Å². The SMILES string of the molecule is CCCCCCOC(=O)c1cccc(C(=O)OC(C)C(C)(C)C)c1. The first-order valence-electron chi connectivity index (χ1n) is 8.74. The van der Waals surface area contributed by atoms with Gasteiger partial charge in [0.15, 0.2) is 0 Å². The lowest BCUT2D eigenvalue weighted by Gasteiger charge is -2.26. The zero-order chi connectivity index (χ0) is 18.2. The van der Waals surface area contributed by atoms with E-state index >= 15 is 0 Å². The van der Waals surface area contributed by atoms with Gasteiger partial charge in [0, 0.05) is 0 Å². The Labute approximate surface area is 145 Å². The Morgan fingerprint density at radius 2 is 1.67 bits per heavy atom. The molecule has 4 nitrogen and oxygen atoms in total. The van der Waals surface area contributed by atoms with Crippen LogP contribution in [0.1, 0.15) is 81.0 Å². The minimum Gasteiger partial charge on any atom is -0.462 e. The summed E-state index contributed by atoms with van der Waals surface area (Å²) in [4.78, 5) is 24.3. The summed E-state index contributed by atoms with van der Waals surface area (Å²) in [6.07, 6.45) is 3.99. The van der Waals surface area contributed by atoms with E-state index in [2.05, 4.69) is 6.92 Å². The second kappa shape index (κ2) is 9.45. The van der Waals surface area contributed by atoms with Gasteiger partial charge in [-0.25, -0.2) is 9.59 Å². The van der Waals surface area contributed by atoms with E-state index in [0.717, 1.165) is 25.7 Å². The van der Waals surface area contributed by atoms with E-state index in [1.54, 1.807) is 18.2 Å². The van der Waals surface area contributed by atoms with Gasteiger partial charge in [0.05, 0.1) is 17.7 Å². The fraction of sp³-hybridized carbons (Fsp3) is 0.600. The molecule has 1 aromatic rings. The van der Waals surface area contributed by atoms with Crippen LogP contribution in [-0.4, -0.2) is 24.6 Å². The molecule has 0 spiro atoms. The molecule has 0 amide bonds. The Balaban J connectivity index is 2.62. The summed E-state index contributed by atoms with van der Waals surface area (Å²) in [5, 5.41) is 0. The molecule has 24 heavy (non-hydrogen) atoms. The van der Waals surface area contributed by atoms with Crippen LogP contribution in [0.5, 0.6) is 0 Å². The molecule has 0 heterocycles. The highest BCUT2D eigenvalue weighted by Gasteiger charge is 2.24. The molecule has 0 saturated heterocycles. The predicted octanol–water partition coefficient (Wildman–Crippen LogP) is 5.02. The first kappa shape index (κ1) is 20.2. The van der Waals surface area contributed by atoms with Crippen LogP contribution < -0.4 is 0 Å². The molecule has 0 aromatic heterocycles. The fourth-order valence-electron chi connectivity index (χ4n) is 1.96. The maximum atomic E-state index is 12.2. The molecule has 1 aromatic carbocycles. The molecule has 1 rings (SSSR count). The maximum Gasteiger partial charge on any atom is 0.338 e. The van der Waals surface area contributed by atoms with E-state index in [-0.39, 0.29) is 11.5 Å². The lowest BCUT2D eigenvalue weighted by atomic mass is 9.90. The molecule has 1 unspecified atom stereocenters. The third-order valence-corrected chi connectivity index (χ3v) is 4.07. The van der Waals surface area contributed by atoms with Gasteiger partial charge in [-0.2, -0.15) is 0 Å². The standard InChI is InChI=1S/C20H30O4/c1-6-7-8-9-13-23-18(21)16-11-10-12-17(14-16)19(22)24-15(2)20(3,4)5/h10-12,14-15H,6-9,13H2,1-5H3. The second-order valence-corrected chi connectivity index (χ2v) is 7.19. The van der Waals surface area contributed by atoms with Gasteiger partial charge in [-0.05, 0) is 37.0 Å². The highest BCUT2D eigenvalue weighted by atomic mass is 16.5. The van der Waals surface area contributed by atoms with Gasteiger partial charge in [0.25, 0.3) is 0 Å². The fourth-order valence-corrected chi connectivity index (χ4v) is 1.96. The van der Waals surface area contributed by atoms with Crippen LogP contribution in [-0.2, 0) is 9.47 Å². The summed E-state index contributed by atoms with van der Waals surface area (Å²) in [5.41, 5.74) is 0.611. The zero-order valence-electron chi connectivity index (χ0n) is 15.6. The molecular weight excluding hydrogens is 304 g/mol. The second-order valence-electron chi connectivity index (χ2n) is 7.19. The number of esters is 2. The smallest absolute Gasteiger partial charge is 0.338 e. The molecule has 0 aliphatic heterocycles. The van der Waals surface area contributed by atoms with Crippen molar-refractivity contribution in [2.75, 3.05) is 6.61 Å². The van der Waals surface area contributed by atoms with Crippen molar-refractivity contribution < 1.29 is 19.1 Å². The van der Waals surface area contributed by atoms with Crippen molar-refractivity contribution in [2.45, 2.75) is 66.4 Å². The summed E-state index contributed by atoms with van der Waals surface area (Å²) < 4.78 is 10.7.